The van der Waals surface area contributed by atoms with E-state index in [4.69, 9.17) is 37.9 Å². The monoisotopic (exact) mass is 747 g/mol. The van der Waals surface area contributed by atoms with Crippen molar-refractivity contribution in [2.75, 3.05) is 33.7 Å². The van der Waals surface area contributed by atoms with Crippen molar-refractivity contribution in [3.05, 3.63) is 95.1 Å². The summed E-state index contributed by atoms with van der Waals surface area (Å²) >= 11 is 0. The maximum Gasteiger partial charge on any atom is 0.231 e. The molecular weight excluding hydrogens is 702 g/mol. The standard InChI is InChI=1S/C39H36O9.C5H9NO/c1-22-27(10-23-2-6-31-35(14-23)45-18-41-31)29(12-25-4-8-33-37(16-25)47-20-43-33)39(40)30(13-26-5-9-34-38(17-26)48-21-44-34)28(22)11-24-3-7-32-36(15-24)46-19-42-32;7-5-3-1-2-4-6-5/h2-9,14-17,22,27-30H,10-13,18-21H2,1H3;1-4H2,(H,6,7). The highest BCUT2D eigenvalue weighted by Gasteiger charge is 2.48. The molecule has 4 unspecified atom stereocenters. The van der Waals surface area contributed by atoms with Gasteiger partial charge in [0.25, 0.3) is 0 Å². The van der Waals surface area contributed by atoms with Crippen molar-refractivity contribution in [3.63, 3.8) is 0 Å². The molecule has 2 fully saturated rings. The lowest BCUT2D eigenvalue weighted by Crippen LogP contribution is -2.49. The minimum Gasteiger partial charge on any atom is -0.454 e. The third kappa shape index (κ3) is 7.44. The first-order chi connectivity index (χ1) is 26.9. The fraction of sp³-hybridized carbons (Fsp3) is 0.409. The molecule has 11 nitrogen and oxygen atoms in total. The molecule has 4 aromatic carbocycles. The summed E-state index contributed by atoms with van der Waals surface area (Å²) in [5.41, 5.74) is 4.40. The van der Waals surface area contributed by atoms with E-state index >= 15 is 4.79 Å². The van der Waals surface area contributed by atoms with Gasteiger partial charge in [0, 0.05) is 24.8 Å². The van der Waals surface area contributed by atoms with E-state index in [-0.39, 0.29) is 62.7 Å². The van der Waals surface area contributed by atoms with Crippen LogP contribution in [0.1, 0.15) is 48.4 Å². The maximum atomic E-state index is 15.1. The van der Waals surface area contributed by atoms with Crippen LogP contribution in [-0.4, -0.2) is 45.4 Å². The van der Waals surface area contributed by atoms with E-state index in [1.54, 1.807) is 0 Å². The zero-order valence-electron chi connectivity index (χ0n) is 30.9. The van der Waals surface area contributed by atoms with Gasteiger partial charge in [0.1, 0.15) is 5.78 Å². The summed E-state index contributed by atoms with van der Waals surface area (Å²) in [6, 6.07) is 24.4. The van der Waals surface area contributed by atoms with Crippen molar-refractivity contribution in [1.82, 2.24) is 5.32 Å². The number of hydrogen-bond donors (Lipinski definition) is 1. The number of carbonyl (C=O) groups is 2. The van der Waals surface area contributed by atoms with Crippen LogP contribution in [0.3, 0.4) is 0 Å². The highest BCUT2D eigenvalue weighted by Crippen LogP contribution is 2.48. The molecular formula is C44H45NO10. The number of carbonyl (C=O) groups excluding carboxylic acids is 2. The normalized spacial score (nSPS) is 23.9. The Balaban J connectivity index is 0.000000513. The molecule has 55 heavy (non-hydrogen) atoms. The van der Waals surface area contributed by atoms with Crippen LogP contribution in [0.5, 0.6) is 46.0 Å². The van der Waals surface area contributed by atoms with E-state index in [0.717, 1.165) is 107 Å². The van der Waals surface area contributed by atoms with Gasteiger partial charge in [-0.2, -0.15) is 0 Å². The van der Waals surface area contributed by atoms with E-state index in [1.807, 2.05) is 36.4 Å². The van der Waals surface area contributed by atoms with Gasteiger partial charge in [-0.1, -0.05) is 31.2 Å². The number of piperidine rings is 1. The highest BCUT2D eigenvalue weighted by atomic mass is 16.7. The summed E-state index contributed by atoms with van der Waals surface area (Å²) in [6.07, 6.45) is 5.69. The first-order valence-electron chi connectivity index (χ1n) is 19.3. The van der Waals surface area contributed by atoms with Gasteiger partial charge in [-0.15, -0.1) is 0 Å². The van der Waals surface area contributed by atoms with Crippen molar-refractivity contribution in [1.29, 1.82) is 0 Å². The molecule has 6 aliphatic rings. The van der Waals surface area contributed by atoms with Crippen molar-refractivity contribution < 1.29 is 47.5 Å². The van der Waals surface area contributed by atoms with Gasteiger partial charge in [-0.05, 0) is 127 Å². The van der Waals surface area contributed by atoms with Gasteiger partial charge in [-0.3, -0.25) is 9.59 Å². The average molecular weight is 748 g/mol. The molecule has 0 aromatic heterocycles. The maximum absolute atomic E-state index is 15.1. The second-order valence-corrected chi connectivity index (χ2v) is 15.2. The van der Waals surface area contributed by atoms with Crippen LogP contribution in [0.4, 0.5) is 0 Å². The van der Waals surface area contributed by atoms with E-state index < -0.39 is 0 Å². The Hall–Kier alpha value is -5.58. The molecule has 10 rings (SSSR count). The van der Waals surface area contributed by atoms with E-state index in [2.05, 4.69) is 48.6 Å². The van der Waals surface area contributed by atoms with Gasteiger partial charge in [0.15, 0.2) is 46.0 Å². The summed E-state index contributed by atoms with van der Waals surface area (Å²) in [6.45, 7) is 4.10. The van der Waals surface area contributed by atoms with Crippen molar-refractivity contribution in [3.8, 4) is 46.0 Å². The number of fused-ring (bicyclic) bond motifs is 4. The van der Waals surface area contributed by atoms with E-state index in [9.17, 15) is 4.79 Å². The fourth-order valence-electron chi connectivity index (χ4n) is 8.96. The van der Waals surface area contributed by atoms with Crippen LogP contribution < -0.4 is 43.2 Å². The number of amides is 1. The number of ketones is 1. The molecule has 0 spiro atoms. The first-order valence-corrected chi connectivity index (χ1v) is 19.3. The quantitative estimate of drug-likeness (QED) is 0.205. The van der Waals surface area contributed by atoms with Crippen LogP contribution in [0.25, 0.3) is 0 Å². The SMILES string of the molecule is CC1C(Cc2ccc3c(c2)OCO3)C(Cc2ccc3c(c2)OCO3)C(=O)C(Cc2ccc3c(c2)OCO3)C1Cc1ccc2c(c1)OCO2.O=C1CCCCN1. The van der Waals surface area contributed by atoms with Crippen LogP contribution >= 0.6 is 0 Å². The minimum atomic E-state index is -0.210. The Morgan fingerprint density at radius 1 is 0.491 bits per heavy atom. The van der Waals surface area contributed by atoms with Crippen LogP contribution in [-0.2, 0) is 35.3 Å². The summed E-state index contributed by atoms with van der Waals surface area (Å²) in [7, 11) is 0. The molecule has 4 aromatic rings. The average Bonchev–Trinajstić information content (AvgIpc) is 4.04. The van der Waals surface area contributed by atoms with Gasteiger partial charge in [0.2, 0.25) is 33.1 Å². The number of ether oxygens (including phenoxy) is 8. The molecule has 1 saturated carbocycles. The number of rotatable bonds is 8. The molecule has 11 heteroatoms. The summed E-state index contributed by atoms with van der Waals surface area (Å²) in [5, 5.41) is 2.74. The Morgan fingerprint density at radius 2 is 0.855 bits per heavy atom. The predicted octanol–water partition coefficient (Wildman–Crippen LogP) is 6.84. The molecule has 286 valence electrons. The fourth-order valence-corrected chi connectivity index (χ4v) is 8.96. The Morgan fingerprint density at radius 3 is 1.18 bits per heavy atom. The zero-order chi connectivity index (χ0) is 37.3. The molecule has 0 radical (unpaired) electrons. The Labute approximate surface area is 320 Å². The van der Waals surface area contributed by atoms with E-state index in [0.29, 0.717) is 18.6 Å². The lowest BCUT2D eigenvalue weighted by Gasteiger charge is -2.46. The van der Waals surface area contributed by atoms with Gasteiger partial charge in [0.05, 0.1) is 0 Å². The van der Waals surface area contributed by atoms with Gasteiger partial charge in [-0.25, -0.2) is 0 Å². The lowest BCUT2D eigenvalue weighted by molar-refractivity contribution is -0.137. The molecule has 5 heterocycles. The largest absolute Gasteiger partial charge is 0.454 e. The second-order valence-electron chi connectivity index (χ2n) is 15.2. The smallest absolute Gasteiger partial charge is 0.231 e. The second kappa shape index (κ2) is 15.3. The number of nitrogens with one attached hydrogen (secondary N) is 1. The minimum absolute atomic E-state index is 0.0790. The van der Waals surface area contributed by atoms with Gasteiger partial charge < -0.3 is 43.2 Å². The molecule has 5 aliphatic heterocycles. The zero-order valence-corrected chi connectivity index (χ0v) is 30.9. The first kappa shape index (κ1) is 35.1. The summed E-state index contributed by atoms with van der Waals surface area (Å²) in [5.74, 6) is 6.42. The van der Waals surface area contributed by atoms with Crippen molar-refractivity contribution in [2.45, 2.75) is 51.9 Å². The summed E-state index contributed by atoms with van der Waals surface area (Å²) in [4.78, 5) is 25.5. The number of hydrogen-bond acceptors (Lipinski definition) is 10. The highest BCUT2D eigenvalue weighted by molar-refractivity contribution is 5.86. The number of benzene rings is 4. The Bertz CT molecular complexity index is 1940. The van der Waals surface area contributed by atoms with Crippen molar-refractivity contribution in [2.24, 2.45) is 29.6 Å². The molecule has 1 saturated heterocycles. The van der Waals surface area contributed by atoms with Gasteiger partial charge >= 0.3 is 0 Å². The summed E-state index contributed by atoms with van der Waals surface area (Å²) < 4.78 is 45.3. The van der Waals surface area contributed by atoms with Crippen LogP contribution in [0.2, 0.25) is 0 Å². The molecule has 1 aliphatic carbocycles. The molecule has 1 amide bonds. The third-order valence-electron chi connectivity index (χ3n) is 11.9. The topological polar surface area (TPSA) is 120 Å². The van der Waals surface area contributed by atoms with Crippen LogP contribution in [0.15, 0.2) is 72.8 Å². The Kier molecular flexibility index (Phi) is 9.76. The predicted molar refractivity (Wildman–Crippen MR) is 200 cm³/mol. The molecule has 4 atom stereocenters. The van der Waals surface area contributed by atoms with Crippen molar-refractivity contribution >= 4 is 11.7 Å². The number of Topliss-reactive ketones (excluding diaryl/α,β-unsaturated/α-hetero) is 1. The van der Waals surface area contributed by atoms with Crippen LogP contribution in [0, 0.1) is 29.6 Å². The van der Waals surface area contributed by atoms with E-state index in [1.165, 1.54) is 0 Å². The molecule has 1 N–H and O–H groups in total. The third-order valence-corrected chi connectivity index (χ3v) is 11.9. The molecule has 0 bridgehead atoms. The lowest BCUT2D eigenvalue weighted by atomic mass is 9.57.